The average molecular weight is 424 g/mol. The topological polar surface area (TPSA) is 43.9 Å². The van der Waals surface area contributed by atoms with Crippen LogP contribution in [0, 0.1) is 5.92 Å². The van der Waals surface area contributed by atoms with E-state index in [1.165, 1.54) is 16.2 Å². The van der Waals surface area contributed by atoms with Crippen LogP contribution in [-0.4, -0.2) is 42.9 Å². The van der Waals surface area contributed by atoms with Gasteiger partial charge < -0.3 is 9.80 Å². The van der Waals surface area contributed by atoms with Gasteiger partial charge in [0.1, 0.15) is 5.70 Å². The van der Waals surface area contributed by atoms with Crippen molar-refractivity contribution in [2.24, 2.45) is 5.92 Å². The second-order valence-electron chi connectivity index (χ2n) is 8.00. The Bertz CT molecular complexity index is 937. The highest BCUT2D eigenvalue weighted by Gasteiger charge is 2.43. The van der Waals surface area contributed by atoms with Gasteiger partial charge in [0.2, 0.25) is 0 Å². The number of thiophene rings is 1. The fourth-order valence-electron chi connectivity index (χ4n) is 4.32. The van der Waals surface area contributed by atoms with Crippen LogP contribution in [0.2, 0.25) is 0 Å². The standard InChI is InChI=1S/C24H29N3O2S/c1-4-25(5-2)18-8-10-19(11-9-18)27-23(28)21(20-7-6-16-30-20)22(24(27)29)26-14-12-17(3)13-15-26/h6-11,16-17H,4-5,12-15H2,1-3H3. The van der Waals surface area contributed by atoms with Gasteiger partial charge in [-0.05, 0) is 68.3 Å². The quantitative estimate of drug-likeness (QED) is 0.637. The van der Waals surface area contributed by atoms with Gasteiger partial charge in [-0.2, -0.15) is 0 Å². The van der Waals surface area contributed by atoms with Crippen LogP contribution in [0.4, 0.5) is 11.4 Å². The summed E-state index contributed by atoms with van der Waals surface area (Å²) in [6, 6.07) is 11.6. The molecule has 1 aromatic carbocycles. The van der Waals surface area contributed by atoms with E-state index >= 15 is 0 Å². The molecular weight excluding hydrogens is 394 g/mol. The molecule has 1 aromatic heterocycles. The number of hydrogen-bond donors (Lipinski definition) is 0. The van der Waals surface area contributed by atoms with E-state index in [2.05, 4.69) is 30.6 Å². The summed E-state index contributed by atoms with van der Waals surface area (Å²) in [5.41, 5.74) is 2.86. The number of likely N-dealkylation sites (tertiary alicyclic amines) is 1. The third kappa shape index (κ3) is 3.65. The first-order valence-corrected chi connectivity index (χ1v) is 11.7. The molecule has 2 aliphatic rings. The fourth-order valence-corrected chi connectivity index (χ4v) is 5.09. The van der Waals surface area contributed by atoms with E-state index < -0.39 is 0 Å². The minimum atomic E-state index is -0.216. The normalized spacial score (nSPS) is 18.0. The highest BCUT2D eigenvalue weighted by molar-refractivity contribution is 7.11. The van der Waals surface area contributed by atoms with Gasteiger partial charge in [-0.15, -0.1) is 11.3 Å². The molecular formula is C24H29N3O2S. The van der Waals surface area contributed by atoms with Gasteiger partial charge >= 0.3 is 0 Å². The van der Waals surface area contributed by atoms with Gasteiger partial charge in [0.15, 0.2) is 0 Å². The summed E-state index contributed by atoms with van der Waals surface area (Å²) < 4.78 is 0. The van der Waals surface area contributed by atoms with Crippen LogP contribution < -0.4 is 9.80 Å². The zero-order valence-electron chi connectivity index (χ0n) is 17.9. The van der Waals surface area contributed by atoms with E-state index in [1.807, 2.05) is 41.8 Å². The molecule has 0 radical (unpaired) electrons. The number of anilines is 2. The first-order chi connectivity index (χ1) is 14.5. The average Bonchev–Trinajstić information content (AvgIpc) is 3.36. The van der Waals surface area contributed by atoms with Crippen molar-refractivity contribution in [2.45, 2.75) is 33.6 Å². The second-order valence-corrected chi connectivity index (χ2v) is 8.95. The number of imide groups is 1. The largest absolute Gasteiger partial charge is 0.372 e. The zero-order chi connectivity index (χ0) is 21.3. The maximum atomic E-state index is 13.5. The van der Waals surface area contributed by atoms with Crippen LogP contribution >= 0.6 is 11.3 Å². The molecule has 0 aliphatic carbocycles. The minimum Gasteiger partial charge on any atom is -0.372 e. The third-order valence-electron chi connectivity index (χ3n) is 6.16. The van der Waals surface area contributed by atoms with Gasteiger partial charge in [-0.25, -0.2) is 4.90 Å². The predicted octanol–water partition coefficient (Wildman–Crippen LogP) is 4.61. The Balaban J connectivity index is 1.69. The summed E-state index contributed by atoms with van der Waals surface area (Å²) in [7, 11) is 0. The molecule has 1 fully saturated rings. The van der Waals surface area contributed by atoms with E-state index in [1.54, 1.807) is 0 Å². The van der Waals surface area contributed by atoms with Crippen molar-refractivity contribution in [1.29, 1.82) is 0 Å². The fraction of sp³-hybridized carbons (Fsp3) is 0.417. The Labute approximate surface area is 182 Å². The van der Waals surface area contributed by atoms with Gasteiger partial charge in [0.05, 0.1) is 11.3 Å². The minimum absolute atomic E-state index is 0.200. The number of piperidine rings is 1. The van der Waals surface area contributed by atoms with E-state index in [9.17, 15) is 9.59 Å². The molecule has 3 heterocycles. The van der Waals surface area contributed by atoms with E-state index in [-0.39, 0.29) is 11.8 Å². The van der Waals surface area contributed by atoms with Crippen molar-refractivity contribution in [3.63, 3.8) is 0 Å². The molecule has 0 spiro atoms. The van der Waals surface area contributed by atoms with E-state index in [4.69, 9.17) is 0 Å². The highest BCUT2D eigenvalue weighted by Crippen LogP contribution is 2.38. The van der Waals surface area contributed by atoms with E-state index in [0.29, 0.717) is 22.9 Å². The summed E-state index contributed by atoms with van der Waals surface area (Å²) in [5.74, 6) is 0.239. The van der Waals surface area contributed by atoms with Crippen LogP contribution in [-0.2, 0) is 9.59 Å². The van der Waals surface area contributed by atoms with Crippen LogP contribution in [0.25, 0.3) is 5.57 Å². The molecule has 2 amide bonds. The van der Waals surface area contributed by atoms with Crippen LogP contribution in [0.3, 0.4) is 0 Å². The number of rotatable bonds is 6. The molecule has 2 aromatic rings. The summed E-state index contributed by atoms with van der Waals surface area (Å²) >= 11 is 1.51. The van der Waals surface area contributed by atoms with Crippen molar-refractivity contribution >= 4 is 40.1 Å². The van der Waals surface area contributed by atoms with Crippen molar-refractivity contribution in [1.82, 2.24) is 4.90 Å². The number of hydrogen-bond acceptors (Lipinski definition) is 5. The Morgan fingerprint density at radius 1 is 1.00 bits per heavy atom. The summed E-state index contributed by atoms with van der Waals surface area (Å²) in [4.78, 5) is 33.6. The van der Waals surface area contributed by atoms with E-state index in [0.717, 1.165) is 49.6 Å². The number of amides is 2. The molecule has 6 heteroatoms. The number of benzene rings is 1. The monoisotopic (exact) mass is 423 g/mol. The smallest absolute Gasteiger partial charge is 0.282 e. The number of carbonyl (C=O) groups excluding carboxylic acids is 2. The molecule has 30 heavy (non-hydrogen) atoms. The highest BCUT2D eigenvalue weighted by atomic mass is 32.1. The van der Waals surface area contributed by atoms with Crippen molar-refractivity contribution < 1.29 is 9.59 Å². The summed E-state index contributed by atoms with van der Waals surface area (Å²) in [6.07, 6.45) is 2.09. The molecule has 1 saturated heterocycles. The first kappa shape index (κ1) is 20.7. The van der Waals surface area contributed by atoms with Crippen molar-refractivity contribution in [2.75, 3.05) is 36.0 Å². The molecule has 5 nitrogen and oxygen atoms in total. The molecule has 4 rings (SSSR count). The van der Waals surface area contributed by atoms with Crippen LogP contribution in [0.15, 0.2) is 47.5 Å². The lowest BCUT2D eigenvalue weighted by Crippen LogP contribution is -2.38. The van der Waals surface area contributed by atoms with Crippen LogP contribution in [0.5, 0.6) is 0 Å². The maximum Gasteiger partial charge on any atom is 0.282 e. The first-order valence-electron chi connectivity index (χ1n) is 10.8. The second kappa shape index (κ2) is 8.64. The lowest BCUT2D eigenvalue weighted by Gasteiger charge is -2.32. The zero-order valence-corrected chi connectivity index (χ0v) is 18.7. The van der Waals surface area contributed by atoms with Gasteiger partial charge in [0, 0.05) is 36.7 Å². The molecule has 0 saturated carbocycles. The van der Waals surface area contributed by atoms with Crippen molar-refractivity contribution in [3.8, 4) is 0 Å². The van der Waals surface area contributed by atoms with Crippen molar-refractivity contribution in [3.05, 3.63) is 52.4 Å². The van der Waals surface area contributed by atoms with Crippen LogP contribution in [0.1, 0.15) is 38.5 Å². The Morgan fingerprint density at radius 3 is 2.23 bits per heavy atom. The Hall–Kier alpha value is -2.60. The summed E-state index contributed by atoms with van der Waals surface area (Å²) in [6.45, 7) is 9.95. The Morgan fingerprint density at radius 2 is 1.67 bits per heavy atom. The molecule has 0 unspecified atom stereocenters. The maximum absolute atomic E-state index is 13.5. The molecule has 0 N–H and O–H groups in total. The number of carbonyl (C=O) groups is 2. The molecule has 0 atom stereocenters. The molecule has 158 valence electrons. The lowest BCUT2D eigenvalue weighted by molar-refractivity contribution is -0.120. The molecule has 2 aliphatic heterocycles. The SMILES string of the molecule is CCN(CC)c1ccc(N2C(=O)C(c3cccs3)=C(N3CCC(C)CC3)C2=O)cc1. The lowest BCUT2D eigenvalue weighted by atomic mass is 9.98. The summed E-state index contributed by atoms with van der Waals surface area (Å²) in [5, 5.41) is 1.96. The third-order valence-corrected chi connectivity index (χ3v) is 7.05. The Kier molecular flexibility index (Phi) is 5.95. The number of nitrogens with zero attached hydrogens (tertiary/aromatic N) is 3. The van der Waals surface area contributed by atoms with Gasteiger partial charge in [-0.1, -0.05) is 13.0 Å². The predicted molar refractivity (Wildman–Crippen MR) is 124 cm³/mol. The van der Waals surface area contributed by atoms with Gasteiger partial charge in [-0.3, -0.25) is 9.59 Å². The molecule has 0 bridgehead atoms. The van der Waals surface area contributed by atoms with Gasteiger partial charge in [0.25, 0.3) is 11.8 Å².